The van der Waals surface area contributed by atoms with E-state index in [1.807, 2.05) is 30.3 Å². The summed E-state index contributed by atoms with van der Waals surface area (Å²) in [6.45, 7) is 2.09. The van der Waals surface area contributed by atoms with Crippen LogP contribution < -0.4 is 10.5 Å². The smallest absolute Gasteiger partial charge is 0.119 e. The van der Waals surface area contributed by atoms with E-state index in [1.165, 1.54) is 16.7 Å². The predicted octanol–water partition coefficient (Wildman–Crippen LogP) is 4.01. The van der Waals surface area contributed by atoms with Crippen LogP contribution in [-0.2, 0) is 6.42 Å². The molecule has 2 N–H and O–H groups in total. The molecule has 0 radical (unpaired) electrons. The van der Waals surface area contributed by atoms with Gasteiger partial charge in [0.2, 0.25) is 0 Å². The van der Waals surface area contributed by atoms with Crippen molar-refractivity contribution >= 4 is 15.9 Å². The Hall–Kier alpha value is -1.32. The number of hydrogen-bond acceptors (Lipinski definition) is 2. The second-order valence-electron chi connectivity index (χ2n) is 4.62. The van der Waals surface area contributed by atoms with E-state index in [0.717, 1.165) is 16.6 Å². The van der Waals surface area contributed by atoms with Gasteiger partial charge in [0.1, 0.15) is 5.75 Å². The molecule has 0 amide bonds. The second kappa shape index (κ2) is 6.22. The van der Waals surface area contributed by atoms with Crippen LogP contribution in [0.25, 0.3) is 0 Å². The summed E-state index contributed by atoms with van der Waals surface area (Å²) in [5.74, 6) is 0.871. The highest BCUT2D eigenvalue weighted by Gasteiger charge is 2.11. The largest absolute Gasteiger partial charge is 0.497 e. The first-order valence-electron chi connectivity index (χ1n) is 6.25. The summed E-state index contributed by atoms with van der Waals surface area (Å²) in [5, 5.41) is 0. The highest BCUT2D eigenvalue weighted by Crippen LogP contribution is 2.26. The highest BCUT2D eigenvalue weighted by molar-refractivity contribution is 9.10. The SMILES string of the molecule is COc1cccc(CC(N)c2cccc(Br)c2C)c1. The van der Waals surface area contributed by atoms with Crippen molar-refractivity contribution in [3.05, 3.63) is 63.6 Å². The molecule has 0 aliphatic carbocycles. The van der Waals surface area contributed by atoms with Crippen LogP contribution in [0.15, 0.2) is 46.9 Å². The van der Waals surface area contributed by atoms with E-state index in [4.69, 9.17) is 10.5 Å². The molecule has 0 aromatic heterocycles. The van der Waals surface area contributed by atoms with Crippen LogP contribution in [0, 0.1) is 6.92 Å². The van der Waals surface area contributed by atoms with Gasteiger partial charge in [0.05, 0.1) is 7.11 Å². The lowest BCUT2D eigenvalue weighted by atomic mass is 9.96. The molecular weight excluding hydrogens is 302 g/mol. The van der Waals surface area contributed by atoms with E-state index < -0.39 is 0 Å². The number of hydrogen-bond donors (Lipinski definition) is 1. The zero-order chi connectivity index (χ0) is 13.8. The van der Waals surface area contributed by atoms with Crippen molar-refractivity contribution in [1.29, 1.82) is 0 Å². The van der Waals surface area contributed by atoms with Gasteiger partial charge in [0, 0.05) is 10.5 Å². The predicted molar refractivity (Wildman–Crippen MR) is 82.5 cm³/mol. The fourth-order valence-corrected chi connectivity index (χ4v) is 2.57. The zero-order valence-corrected chi connectivity index (χ0v) is 12.8. The summed E-state index contributed by atoms with van der Waals surface area (Å²) >= 11 is 3.55. The molecule has 19 heavy (non-hydrogen) atoms. The molecule has 0 heterocycles. The van der Waals surface area contributed by atoms with Crippen molar-refractivity contribution in [3.8, 4) is 5.75 Å². The quantitative estimate of drug-likeness (QED) is 0.924. The maximum Gasteiger partial charge on any atom is 0.119 e. The number of nitrogens with two attached hydrogens (primary N) is 1. The molecule has 1 unspecified atom stereocenters. The molecule has 0 saturated carbocycles. The van der Waals surface area contributed by atoms with E-state index in [-0.39, 0.29) is 6.04 Å². The minimum Gasteiger partial charge on any atom is -0.497 e. The van der Waals surface area contributed by atoms with Gasteiger partial charge in [-0.05, 0) is 48.2 Å². The maximum atomic E-state index is 6.33. The third-order valence-corrected chi connectivity index (χ3v) is 4.16. The lowest BCUT2D eigenvalue weighted by Crippen LogP contribution is -2.14. The summed E-state index contributed by atoms with van der Waals surface area (Å²) in [6, 6.07) is 14.2. The standard InChI is InChI=1S/C16H18BrNO/c1-11-14(7-4-8-15(11)17)16(18)10-12-5-3-6-13(9-12)19-2/h3-9,16H,10,18H2,1-2H3. The van der Waals surface area contributed by atoms with Crippen molar-refractivity contribution in [2.24, 2.45) is 5.73 Å². The molecule has 2 aromatic carbocycles. The highest BCUT2D eigenvalue weighted by atomic mass is 79.9. The van der Waals surface area contributed by atoms with Crippen LogP contribution in [0.4, 0.5) is 0 Å². The molecule has 2 aromatic rings. The van der Waals surface area contributed by atoms with E-state index in [1.54, 1.807) is 7.11 Å². The molecule has 0 aliphatic heterocycles. The van der Waals surface area contributed by atoms with Gasteiger partial charge >= 0.3 is 0 Å². The average Bonchev–Trinajstić information content (AvgIpc) is 2.42. The Balaban J connectivity index is 2.20. The van der Waals surface area contributed by atoms with Crippen LogP contribution in [0.3, 0.4) is 0 Å². The van der Waals surface area contributed by atoms with Gasteiger partial charge in [-0.1, -0.05) is 40.2 Å². The molecule has 3 heteroatoms. The van der Waals surface area contributed by atoms with Gasteiger partial charge in [-0.2, -0.15) is 0 Å². The second-order valence-corrected chi connectivity index (χ2v) is 5.47. The first kappa shape index (κ1) is 14.1. The first-order valence-corrected chi connectivity index (χ1v) is 7.04. The van der Waals surface area contributed by atoms with E-state index in [2.05, 4.69) is 35.0 Å². The summed E-state index contributed by atoms with van der Waals surface area (Å²) in [4.78, 5) is 0. The number of halogens is 1. The Morgan fingerprint density at radius 2 is 1.95 bits per heavy atom. The molecule has 0 spiro atoms. The van der Waals surface area contributed by atoms with Gasteiger partial charge < -0.3 is 10.5 Å². The summed E-state index contributed by atoms with van der Waals surface area (Å²) < 4.78 is 6.34. The van der Waals surface area contributed by atoms with Gasteiger partial charge in [0.15, 0.2) is 0 Å². The molecular formula is C16H18BrNO. The Morgan fingerprint density at radius 3 is 2.68 bits per heavy atom. The number of methoxy groups -OCH3 is 1. The van der Waals surface area contributed by atoms with Gasteiger partial charge in [-0.3, -0.25) is 0 Å². The number of benzene rings is 2. The van der Waals surface area contributed by atoms with Gasteiger partial charge in [0.25, 0.3) is 0 Å². The van der Waals surface area contributed by atoms with Crippen molar-refractivity contribution in [2.45, 2.75) is 19.4 Å². The summed E-state index contributed by atoms with van der Waals surface area (Å²) in [6.07, 6.45) is 0.800. The van der Waals surface area contributed by atoms with Crippen LogP contribution in [-0.4, -0.2) is 7.11 Å². The van der Waals surface area contributed by atoms with Crippen LogP contribution >= 0.6 is 15.9 Å². The topological polar surface area (TPSA) is 35.2 Å². The van der Waals surface area contributed by atoms with Crippen LogP contribution in [0.5, 0.6) is 5.75 Å². The normalized spacial score (nSPS) is 12.2. The fraction of sp³-hybridized carbons (Fsp3) is 0.250. The third kappa shape index (κ3) is 3.37. The molecule has 100 valence electrons. The Morgan fingerprint density at radius 1 is 1.21 bits per heavy atom. The molecule has 2 nitrogen and oxygen atoms in total. The van der Waals surface area contributed by atoms with Crippen molar-refractivity contribution < 1.29 is 4.74 Å². The molecule has 0 bridgehead atoms. The molecule has 0 saturated heterocycles. The van der Waals surface area contributed by atoms with Crippen LogP contribution in [0.2, 0.25) is 0 Å². The van der Waals surface area contributed by atoms with Gasteiger partial charge in [-0.15, -0.1) is 0 Å². The Kier molecular flexibility index (Phi) is 4.61. The van der Waals surface area contributed by atoms with Crippen molar-refractivity contribution in [2.75, 3.05) is 7.11 Å². The minimum atomic E-state index is -0.00962. The van der Waals surface area contributed by atoms with E-state index >= 15 is 0 Å². The minimum absolute atomic E-state index is 0.00962. The molecule has 0 aliphatic rings. The monoisotopic (exact) mass is 319 g/mol. The van der Waals surface area contributed by atoms with E-state index in [0.29, 0.717) is 0 Å². The average molecular weight is 320 g/mol. The first-order chi connectivity index (χ1) is 9.11. The zero-order valence-electron chi connectivity index (χ0n) is 11.2. The number of rotatable bonds is 4. The molecule has 0 fully saturated rings. The Labute approximate surface area is 122 Å². The Bertz CT molecular complexity index is 568. The lowest BCUT2D eigenvalue weighted by Gasteiger charge is -2.16. The molecule has 2 rings (SSSR count). The molecule has 1 atom stereocenters. The maximum absolute atomic E-state index is 6.33. The fourth-order valence-electron chi connectivity index (χ4n) is 2.19. The van der Waals surface area contributed by atoms with Crippen molar-refractivity contribution in [1.82, 2.24) is 0 Å². The lowest BCUT2D eigenvalue weighted by molar-refractivity contribution is 0.414. The van der Waals surface area contributed by atoms with Gasteiger partial charge in [-0.25, -0.2) is 0 Å². The summed E-state index contributed by atoms with van der Waals surface area (Å²) in [7, 11) is 1.68. The van der Waals surface area contributed by atoms with Crippen LogP contribution in [0.1, 0.15) is 22.7 Å². The van der Waals surface area contributed by atoms with E-state index in [9.17, 15) is 0 Å². The third-order valence-electron chi connectivity index (χ3n) is 3.30. The summed E-state index contributed by atoms with van der Waals surface area (Å²) in [5.41, 5.74) is 9.90. The number of ether oxygens (including phenoxy) is 1. The van der Waals surface area contributed by atoms with Crippen molar-refractivity contribution in [3.63, 3.8) is 0 Å².